The van der Waals surface area contributed by atoms with Crippen molar-refractivity contribution < 1.29 is 39.3 Å². The minimum atomic E-state index is -1.30. The quantitative estimate of drug-likeness (QED) is 0.158. The van der Waals surface area contributed by atoms with Crippen molar-refractivity contribution in [2.75, 3.05) is 18.6 Å². The molecule has 34 heavy (non-hydrogen) atoms. The van der Waals surface area contributed by atoms with Crippen LogP contribution in [-0.4, -0.2) is 81.7 Å². The smallest absolute Gasteiger partial charge is 0.322 e. The number of carboxylic acids is 2. The number of carbonyl (C=O) groups is 5. The fraction of sp³-hybridized carbons (Fsp3) is 0.476. The lowest BCUT2D eigenvalue weighted by molar-refractivity contribution is -0.140. The maximum atomic E-state index is 12.9. The molecule has 0 aliphatic carbocycles. The van der Waals surface area contributed by atoms with Crippen molar-refractivity contribution in [2.45, 2.75) is 43.8 Å². The topological polar surface area (TPSA) is 208 Å². The second-order valence-corrected chi connectivity index (χ2v) is 8.41. The Hall–Kier alpha value is -3.32. The van der Waals surface area contributed by atoms with Gasteiger partial charge < -0.3 is 37.0 Å². The first kappa shape index (κ1) is 28.7. The Labute approximate surface area is 200 Å². The van der Waals surface area contributed by atoms with Crippen LogP contribution in [0.1, 0.15) is 24.8 Å². The number of aromatic hydroxyl groups is 1. The average Bonchev–Trinajstić information content (AvgIpc) is 2.78. The normalized spacial score (nSPS) is 13.2. The van der Waals surface area contributed by atoms with E-state index >= 15 is 0 Å². The maximum absolute atomic E-state index is 12.9. The van der Waals surface area contributed by atoms with Gasteiger partial charge in [-0.1, -0.05) is 12.1 Å². The van der Waals surface area contributed by atoms with E-state index in [1.807, 2.05) is 6.26 Å². The number of nitrogens with one attached hydrogen (secondary N) is 3. The zero-order valence-electron chi connectivity index (χ0n) is 18.7. The Morgan fingerprint density at radius 2 is 1.50 bits per heavy atom. The highest BCUT2D eigenvalue weighted by atomic mass is 32.2. The second kappa shape index (κ2) is 14.8. The number of nitrogens with two attached hydrogens (primary N) is 1. The Morgan fingerprint density at radius 3 is 2.06 bits per heavy atom. The SMILES string of the molecule is CSCCC(NC(=O)C(N)Cc1ccc(O)cc1)C(=O)NC(CCC(=O)O)C(=O)NCC(=O)O. The molecule has 0 aliphatic heterocycles. The van der Waals surface area contributed by atoms with Gasteiger partial charge in [0.25, 0.3) is 0 Å². The number of hydrogen-bond donors (Lipinski definition) is 7. The summed E-state index contributed by atoms with van der Waals surface area (Å²) < 4.78 is 0. The van der Waals surface area contributed by atoms with Crippen LogP contribution < -0.4 is 21.7 Å². The number of thioether (sulfide) groups is 1. The lowest BCUT2D eigenvalue weighted by atomic mass is 10.0. The summed E-state index contributed by atoms with van der Waals surface area (Å²) in [5.74, 6) is -4.11. The zero-order chi connectivity index (χ0) is 25.7. The molecule has 12 nitrogen and oxygen atoms in total. The van der Waals surface area contributed by atoms with Crippen molar-refractivity contribution in [3.05, 3.63) is 29.8 Å². The third-order valence-electron chi connectivity index (χ3n) is 4.67. The van der Waals surface area contributed by atoms with Crippen LogP contribution in [0.3, 0.4) is 0 Å². The number of aliphatic carboxylic acids is 2. The van der Waals surface area contributed by atoms with Crippen molar-refractivity contribution in [2.24, 2.45) is 5.73 Å². The number of phenolic OH excluding ortho intramolecular Hbond substituents is 1. The van der Waals surface area contributed by atoms with E-state index in [2.05, 4.69) is 16.0 Å². The van der Waals surface area contributed by atoms with Gasteiger partial charge in [-0.15, -0.1) is 0 Å². The van der Waals surface area contributed by atoms with Crippen LogP contribution >= 0.6 is 11.8 Å². The van der Waals surface area contributed by atoms with Crippen LogP contribution in [0.4, 0.5) is 0 Å². The Morgan fingerprint density at radius 1 is 0.912 bits per heavy atom. The predicted molar refractivity (Wildman–Crippen MR) is 124 cm³/mol. The molecule has 13 heteroatoms. The average molecular weight is 499 g/mol. The van der Waals surface area contributed by atoms with Crippen molar-refractivity contribution in [3.63, 3.8) is 0 Å². The highest BCUT2D eigenvalue weighted by molar-refractivity contribution is 7.98. The first-order valence-corrected chi connectivity index (χ1v) is 11.8. The summed E-state index contributed by atoms with van der Waals surface area (Å²) in [7, 11) is 0. The van der Waals surface area contributed by atoms with Crippen molar-refractivity contribution in [1.82, 2.24) is 16.0 Å². The van der Waals surface area contributed by atoms with Crippen LogP contribution in [0.15, 0.2) is 24.3 Å². The molecular weight excluding hydrogens is 468 g/mol. The number of amides is 3. The predicted octanol–water partition coefficient (Wildman–Crippen LogP) is -0.950. The summed E-state index contributed by atoms with van der Waals surface area (Å²) in [4.78, 5) is 59.4. The summed E-state index contributed by atoms with van der Waals surface area (Å²) in [6.07, 6.45) is 1.47. The number of hydrogen-bond acceptors (Lipinski definition) is 8. The highest BCUT2D eigenvalue weighted by Crippen LogP contribution is 2.11. The van der Waals surface area contributed by atoms with Crippen LogP contribution in [0, 0.1) is 0 Å². The molecule has 0 fully saturated rings. The number of carboxylic acid groups (broad SMARTS) is 2. The van der Waals surface area contributed by atoms with Gasteiger partial charge in [0.05, 0.1) is 6.04 Å². The Balaban J connectivity index is 2.86. The first-order chi connectivity index (χ1) is 16.0. The minimum absolute atomic E-state index is 0.0698. The van der Waals surface area contributed by atoms with Crippen LogP contribution in [0.5, 0.6) is 5.75 Å². The van der Waals surface area contributed by atoms with Crippen LogP contribution in [-0.2, 0) is 30.4 Å². The molecular formula is C21H30N4O8S. The lowest BCUT2D eigenvalue weighted by Crippen LogP contribution is -2.56. The van der Waals surface area contributed by atoms with E-state index in [1.54, 1.807) is 12.1 Å². The van der Waals surface area contributed by atoms with Crippen molar-refractivity contribution in [1.29, 1.82) is 0 Å². The van der Waals surface area contributed by atoms with E-state index in [0.29, 0.717) is 11.3 Å². The molecule has 0 bridgehead atoms. The third-order valence-corrected chi connectivity index (χ3v) is 5.31. The van der Waals surface area contributed by atoms with Crippen LogP contribution in [0.2, 0.25) is 0 Å². The molecule has 3 amide bonds. The van der Waals surface area contributed by atoms with Gasteiger partial charge in [-0.25, -0.2) is 0 Å². The minimum Gasteiger partial charge on any atom is -0.508 e. The van der Waals surface area contributed by atoms with Gasteiger partial charge >= 0.3 is 11.9 Å². The largest absolute Gasteiger partial charge is 0.508 e. The maximum Gasteiger partial charge on any atom is 0.322 e. The fourth-order valence-electron chi connectivity index (χ4n) is 2.86. The molecule has 3 atom stereocenters. The highest BCUT2D eigenvalue weighted by Gasteiger charge is 2.28. The standard InChI is InChI=1S/C21H30N4O8S/c1-34-9-8-16(24-19(31)14(22)10-12-2-4-13(26)5-3-12)21(33)25-15(6-7-17(27)28)20(32)23-11-18(29)30/h2-5,14-16,26H,6-11,22H2,1H3,(H,23,32)(H,24,31)(H,25,33)(H,27,28)(H,29,30). The van der Waals surface area contributed by atoms with Crippen LogP contribution in [0.25, 0.3) is 0 Å². The summed E-state index contributed by atoms with van der Waals surface area (Å²) in [5.41, 5.74) is 6.67. The molecule has 1 aromatic carbocycles. The number of phenols is 1. The third kappa shape index (κ3) is 11.0. The molecule has 8 N–H and O–H groups in total. The molecule has 1 rings (SSSR count). The second-order valence-electron chi connectivity index (χ2n) is 7.42. The zero-order valence-corrected chi connectivity index (χ0v) is 19.5. The molecule has 0 saturated heterocycles. The number of carbonyl (C=O) groups excluding carboxylic acids is 3. The van der Waals surface area contributed by atoms with E-state index in [0.717, 1.165) is 0 Å². The lowest BCUT2D eigenvalue weighted by Gasteiger charge is -2.24. The molecule has 0 heterocycles. The van der Waals surface area contributed by atoms with E-state index in [9.17, 15) is 29.1 Å². The van der Waals surface area contributed by atoms with E-state index in [-0.39, 0.29) is 25.0 Å². The summed E-state index contributed by atoms with van der Waals surface area (Å²) in [6.45, 7) is -0.697. The molecule has 0 aromatic heterocycles. The Bertz CT molecular complexity index is 865. The summed E-state index contributed by atoms with van der Waals surface area (Å²) in [5, 5.41) is 34.1. The number of benzene rings is 1. The molecule has 3 unspecified atom stereocenters. The first-order valence-electron chi connectivity index (χ1n) is 10.4. The molecule has 0 radical (unpaired) electrons. The van der Waals surface area contributed by atoms with Gasteiger partial charge in [-0.3, -0.25) is 24.0 Å². The van der Waals surface area contributed by atoms with Gasteiger partial charge in [0.1, 0.15) is 24.4 Å². The molecule has 0 spiro atoms. The van der Waals surface area contributed by atoms with Gasteiger partial charge in [0.15, 0.2) is 0 Å². The van der Waals surface area contributed by atoms with E-state index in [1.165, 1.54) is 23.9 Å². The fourth-order valence-corrected chi connectivity index (χ4v) is 3.33. The monoisotopic (exact) mass is 498 g/mol. The van der Waals surface area contributed by atoms with Gasteiger partial charge in [-0.05, 0) is 49.0 Å². The van der Waals surface area contributed by atoms with E-state index in [4.69, 9.17) is 15.9 Å². The summed E-state index contributed by atoms with van der Waals surface area (Å²) in [6, 6.07) is 2.80. The molecule has 0 aliphatic rings. The molecule has 188 valence electrons. The summed E-state index contributed by atoms with van der Waals surface area (Å²) >= 11 is 1.43. The molecule has 0 saturated carbocycles. The van der Waals surface area contributed by atoms with Crippen molar-refractivity contribution in [3.8, 4) is 5.75 Å². The molecule has 1 aromatic rings. The van der Waals surface area contributed by atoms with Crippen molar-refractivity contribution >= 4 is 41.4 Å². The Kier molecular flexibility index (Phi) is 12.5. The van der Waals surface area contributed by atoms with Gasteiger partial charge in [0.2, 0.25) is 17.7 Å². The van der Waals surface area contributed by atoms with E-state index < -0.39 is 60.8 Å². The van der Waals surface area contributed by atoms with Gasteiger partial charge in [0, 0.05) is 6.42 Å². The number of rotatable bonds is 15. The van der Waals surface area contributed by atoms with Gasteiger partial charge in [-0.2, -0.15) is 11.8 Å².